The molecule has 78 valence electrons. The Morgan fingerprint density at radius 2 is 2.13 bits per heavy atom. The van der Waals surface area contributed by atoms with Crippen molar-refractivity contribution in [1.29, 1.82) is 0 Å². The van der Waals surface area contributed by atoms with E-state index in [2.05, 4.69) is 4.98 Å². The Bertz CT molecular complexity index is 387. The molecule has 0 atom stereocenters. The van der Waals surface area contributed by atoms with Crippen molar-refractivity contribution in [3.8, 4) is 0 Å². The minimum absolute atomic E-state index is 0.305. The van der Waals surface area contributed by atoms with Crippen molar-refractivity contribution in [2.45, 2.75) is 18.3 Å². The summed E-state index contributed by atoms with van der Waals surface area (Å²) in [5.74, 6) is -0.368. The van der Waals surface area contributed by atoms with E-state index in [4.69, 9.17) is 15.8 Å². The van der Waals surface area contributed by atoms with Gasteiger partial charge < -0.3 is 15.8 Å². The molecule has 0 spiro atoms. The highest BCUT2D eigenvalue weighted by Gasteiger charge is 2.51. The van der Waals surface area contributed by atoms with E-state index in [0.717, 1.165) is 12.8 Å². The average Bonchev–Trinajstić information content (AvgIpc) is 2.98. The van der Waals surface area contributed by atoms with Gasteiger partial charge in [0.05, 0.1) is 11.1 Å². The molecule has 1 aromatic heterocycles. The summed E-state index contributed by atoms with van der Waals surface area (Å²) in [6.07, 6.45) is 2.79. The zero-order chi connectivity index (χ0) is 11.1. The van der Waals surface area contributed by atoms with Crippen LogP contribution in [0.3, 0.4) is 0 Å². The Morgan fingerprint density at radius 1 is 1.47 bits per heavy atom. The first-order valence-corrected chi connectivity index (χ1v) is 4.69. The molecular weight excluding hydrogens is 195 g/mol. The van der Waals surface area contributed by atoms with Crippen LogP contribution in [0, 0.1) is 0 Å². The first-order valence-electron chi connectivity index (χ1n) is 4.69. The highest BCUT2D eigenvalue weighted by atomic mass is 16.4. The lowest BCUT2D eigenvalue weighted by Crippen LogP contribution is -2.33. The molecule has 1 aromatic rings. The molecule has 1 heterocycles. The van der Waals surface area contributed by atoms with E-state index < -0.39 is 12.5 Å². The minimum Gasteiger partial charge on any atom is -0.423 e. The van der Waals surface area contributed by atoms with Crippen LogP contribution in [0.4, 0.5) is 0 Å². The number of primary amides is 1. The van der Waals surface area contributed by atoms with Crippen molar-refractivity contribution in [2.24, 2.45) is 5.73 Å². The number of aromatic nitrogens is 1. The van der Waals surface area contributed by atoms with Gasteiger partial charge in [0.2, 0.25) is 5.91 Å². The van der Waals surface area contributed by atoms with Crippen LogP contribution in [0.5, 0.6) is 0 Å². The lowest BCUT2D eigenvalue weighted by molar-refractivity contribution is -0.120. The second-order valence-electron chi connectivity index (χ2n) is 3.80. The third-order valence-corrected chi connectivity index (χ3v) is 2.80. The number of rotatable bonds is 3. The number of hydrogen-bond acceptors (Lipinski definition) is 4. The Morgan fingerprint density at radius 3 is 2.47 bits per heavy atom. The SMILES string of the molecule is NC(=O)C1(c2ccc(B(O)O)cn2)CC1. The van der Waals surface area contributed by atoms with Crippen molar-refractivity contribution < 1.29 is 14.8 Å². The Hall–Kier alpha value is -1.40. The molecule has 0 bridgehead atoms. The summed E-state index contributed by atoms with van der Waals surface area (Å²) in [4.78, 5) is 15.2. The monoisotopic (exact) mass is 206 g/mol. The van der Waals surface area contributed by atoms with Crippen LogP contribution >= 0.6 is 0 Å². The topological polar surface area (TPSA) is 96.4 Å². The van der Waals surface area contributed by atoms with E-state index in [-0.39, 0.29) is 5.91 Å². The quantitative estimate of drug-likeness (QED) is 0.512. The Kier molecular flexibility index (Phi) is 2.24. The van der Waals surface area contributed by atoms with Crippen molar-refractivity contribution >= 4 is 18.5 Å². The second kappa shape index (κ2) is 3.32. The third kappa shape index (κ3) is 1.62. The molecule has 6 heteroatoms. The van der Waals surface area contributed by atoms with Crippen molar-refractivity contribution in [3.05, 3.63) is 24.0 Å². The lowest BCUT2D eigenvalue weighted by Gasteiger charge is -2.10. The van der Waals surface area contributed by atoms with Gasteiger partial charge in [0.25, 0.3) is 0 Å². The van der Waals surface area contributed by atoms with Gasteiger partial charge in [-0.15, -0.1) is 0 Å². The first-order chi connectivity index (χ1) is 7.06. The maximum Gasteiger partial charge on any atom is 0.490 e. The van der Waals surface area contributed by atoms with Gasteiger partial charge >= 0.3 is 7.12 Å². The van der Waals surface area contributed by atoms with Gasteiger partial charge in [-0.3, -0.25) is 9.78 Å². The van der Waals surface area contributed by atoms with Gasteiger partial charge in [-0.05, 0) is 18.9 Å². The third-order valence-electron chi connectivity index (χ3n) is 2.80. The summed E-state index contributed by atoms with van der Waals surface area (Å²) in [6, 6.07) is 3.16. The Labute approximate surface area is 87.1 Å². The normalized spacial score (nSPS) is 17.2. The minimum atomic E-state index is -1.53. The zero-order valence-corrected chi connectivity index (χ0v) is 8.05. The van der Waals surface area contributed by atoms with Gasteiger partial charge in [-0.25, -0.2) is 0 Å². The van der Waals surface area contributed by atoms with Crippen LogP contribution in [0.15, 0.2) is 18.3 Å². The summed E-state index contributed by atoms with van der Waals surface area (Å²) in [7, 11) is -1.53. The van der Waals surface area contributed by atoms with E-state index in [1.807, 2.05) is 0 Å². The molecule has 1 fully saturated rings. The molecule has 0 aromatic carbocycles. The molecule has 0 unspecified atom stereocenters. The summed E-state index contributed by atoms with van der Waals surface area (Å²) in [5.41, 5.74) is 5.59. The predicted molar refractivity (Wildman–Crippen MR) is 54.2 cm³/mol. The summed E-state index contributed by atoms with van der Waals surface area (Å²) < 4.78 is 0. The predicted octanol–water partition coefficient (Wildman–Crippen LogP) is -1.72. The van der Waals surface area contributed by atoms with Crippen molar-refractivity contribution in [2.75, 3.05) is 0 Å². The number of pyridine rings is 1. The van der Waals surface area contributed by atoms with E-state index in [1.165, 1.54) is 12.3 Å². The standard InChI is InChI=1S/C9H11BN2O3/c11-8(13)9(3-4-9)7-2-1-6(5-12-7)10(14)15/h1-2,5,14-15H,3-4H2,(H2,11,13). The molecule has 0 aliphatic heterocycles. The van der Waals surface area contributed by atoms with Gasteiger partial charge in [0, 0.05) is 11.7 Å². The zero-order valence-electron chi connectivity index (χ0n) is 8.05. The fraction of sp³-hybridized carbons (Fsp3) is 0.333. The van der Waals surface area contributed by atoms with Crippen LogP contribution in [0.2, 0.25) is 0 Å². The van der Waals surface area contributed by atoms with Crippen LogP contribution in [-0.4, -0.2) is 28.1 Å². The molecule has 1 aliphatic rings. The molecule has 5 nitrogen and oxygen atoms in total. The van der Waals surface area contributed by atoms with Gasteiger partial charge in [-0.2, -0.15) is 0 Å². The van der Waals surface area contributed by atoms with E-state index in [9.17, 15) is 4.79 Å². The summed E-state index contributed by atoms with van der Waals surface area (Å²) >= 11 is 0. The van der Waals surface area contributed by atoms with Crippen LogP contribution < -0.4 is 11.2 Å². The molecule has 15 heavy (non-hydrogen) atoms. The molecule has 2 rings (SSSR count). The Balaban J connectivity index is 2.28. The van der Waals surface area contributed by atoms with Crippen LogP contribution in [0.25, 0.3) is 0 Å². The molecular formula is C9H11BN2O3. The molecule has 1 amide bonds. The number of nitrogens with two attached hydrogens (primary N) is 1. The number of amides is 1. The number of hydrogen-bond donors (Lipinski definition) is 3. The van der Waals surface area contributed by atoms with Gasteiger partial charge in [-0.1, -0.05) is 6.07 Å². The second-order valence-corrected chi connectivity index (χ2v) is 3.80. The maximum absolute atomic E-state index is 11.2. The van der Waals surface area contributed by atoms with Crippen molar-refractivity contribution in [1.82, 2.24) is 4.98 Å². The highest BCUT2D eigenvalue weighted by Crippen LogP contribution is 2.46. The molecule has 0 saturated heterocycles. The fourth-order valence-corrected chi connectivity index (χ4v) is 1.59. The largest absolute Gasteiger partial charge is 0.490 e. The number of carbonyl (C=O) groups excluding carboxylic acids is 1. The molecule has 0 radical (unpaired) electrons. The smallest absolute Gasteiger partial charge is 0.423 e. The summed E-state index contributed by atoms with van der Waals surface area (Å²) in [6.45, 7) is 0. The van der Waals surface area contributed by atoms with Crippen LogP contribution in [-0.2, 0) is 10.2 Å². The van der Waals surface area contributed by atoms with Gasteiger partial charge in [0.15, 0.2) is 0 Å². The summed E-state index contributed by atoms with van der Waals surface area (Å²) in [5, 5.41) is 17.7. The van der Waals surface area contributed by atoms with Crippen molar-refractivity contribution in [3.63, 3.8) is 0 Å². The maximum atomic E-state index is 11.2. The van der Waals surface area contributed by atoms with E-state index >= 15 is 0 Å². The molecule has 1 saturated carbocycles. The highest BCUT2D eigenvalue weighted by molar-refractivity contribution is 6.58. The first kappa shape index (κ1) is 10.1. The fourth-order valence-electron chi connectivity index (χ4n) is 1.59. The van der Waals surface area contributed by atoms with Crippen LogP contribution in [0.1, 0.15) is 18.5 Å². The van der Waals surface area contributed by atoms with E-state index in [0.29, 0.717) is 11.2 Å². The lowest BCUT2D eigenvalue weighted by atomic mass is 9.81. The number of carbonyl (C=O) groups is 1. The molecule has 4 N–H and O–H groups in total. The van der Waals surface area contributed by atoms with Gasteiger partial charge in [0.1, 0.15) is 0 Å². The average molecular weight is 206 g/mol. The number of nitrogens with zero attached hydrogens (tertiary/aromatic N) is 1. The molecule has 1 aliphatic carbocycles. The van der Waals surface area contributed by atoms with E-state index in [1.54, 1.807) is 6.07 Å².